The van der Waals surface area contributed by atoms with Crippen LogP contribution in [-0.2, 0) is 21.8 Å². The molecular weight excluding hydrogens is 853 g/mol. The van der Waals surface area contributed by atoms with Crippen molar-refractivity contribution in [3.63, 3.8) is 0 Å². The first-order valence-electron chi connectivity index (χ1n) is 20.1. The van der Waals surface area contributed by atoms with E-state index in [0.717, 1.165) is 20.9 Å². The number of benzene rings is 2. The number of urea groups is 2. The van der Waals surface area contributed by atoms with Gasteiger partial charge in [-0.2, -0.15) is 0 Å². The largest absolute Gasteiger partial charge is 0.491 e. The van der Waals surface area contributed by atoms with Gasteiger partial charge in [0.15, 0.2) is 15.4 Å². The Morgan fingerprint density at radius 2 is 1.26 bits per heavy atom. The summed E-state index contributed by atoms with van der Waals surface area (Å²) in [5, 5.41) is 12.6. The van der Waals surface area contributed by atoms with Gasteiger partial charge < -0.3 is 29.8 Å². The van der Waals surface area contributed by atoms with Crippen molar-refractivity contribution in [3.8, 4) is 11.5 Å². The molecule has 0 unspecified atom stereocenters. The highest BCUT2D eigenvalue weighted by molar-refractivity contribution is 7.98. The second kappa shape index (κ2) is 22.0. The lowest BCUT2D eigenvalue weighted by molar-refractivity contribution is -0.139. The highest BCUT2D eigenvalue weighted by Crippen LogP contribution is 2.30. The molecule has 1 fully saturated rings. The van der Waals surface area contributed by atoms with Gasteiger partial charge in [-0.05, 0) is 61.1 Å². The molecule has 1 saturated heterocycles. The number of thioether (sulfide) groups is 1. The molecule has 0 bridgehead atoms. The third kappa shape index (κ3) is 14.3. The standard InChI is InChI=1S/C42H52N10O7S3/c1-25(2)22-57-34-15-27(5)7-9-31(34)46-38(55)49-41-43-17-29(61-41)20-51-11-13-52(14-12-51)21-36(53)59-37(54)33-19-45-40(48-33)60-24-30-18-44-42(62-30)50-39(56)47-32-10-8-28(6)16-35(32)58-23-26(3)4/h7-10,15-19,25-26H,11-14,20-24H2,1-6H3,(H,45,48)(H2,43,46,49,55)(H2,44,47,50,56). The number of carbonyl (C=O) groups excluding carboxylic acids is 4. The summed E-state index contributed by atoms with van der Waals surface area (Å²) in [7, 11) is 0. The number of anilines is 4. The van der Waals surface area contributed by atoms with Crippen molar-refractivity contribution in [1.82, 2.24) is 29.7 Å². The molecule has 0 saturated carbocycles. The molecule has 0 radical (unpaired) electrons. The summed E-state index contributed by atoms with van der Waals surface area (Å²) in [6, 6.07) is 10.4. The van der Waals surface area contributed by atoms with Crippen LogP contribution in [0.2, 0.25) is 0 Å². The van der Waals surface area contributed by atoms with Gasteiger partial charge in [-0.25, -0.2) is 29.3 Å². The molecule has 330 valence electrons. The van der Waals surface area contributed by atoms with Gasteiger partial charge in [0.25, 0.3) is 0 Å². The van der Waals surface area contributed by atoms with E-state index in [2.05, 4.69) is 73.8 Å². The number of esters is 2. The van der Waals surface area contributed by atoms with Gasteiger partial charge in [-0.15, -0.1) is 22.7 Å². The molecule has 6 rings (SSSR count). The zero-order valence-corrected chi connectivity index (χ0v) is 38.0. The van der Waals surface area contributed by atoms with E-state index in [1.54, 1.807) is 18.5 Å². The number of hydrogen-bond donors (Lipinski definition) is 5. The quantitative estimate of drug-likeness (QED) is 0.0321. The molecule has 20 heteroatoms. The molecule has 1 aliphatic heterocycles. The molecule has 1 aliphatic rings. The van der Waals surface area contributed by atoms with E-state index >= 15 is 0 Å². The molecule has 2 aromatic carbocycles. The summed E-state index contributed by atoms with van der Waals surface area (Å²) in [5.74, 6) is 0.917. The predicted molar refractivity (Wildman–Crippen MR) is 243 cm³/mol. The van der Waals surface area contributed by atoms with E-state index in [4.69, 9.17) is 14.2 Å². The maximum atomic E-state index is 12.8. The number of nitrogens with one attached hydrogen (secondary N) is 5. The third-order valence-corrected chi connectivity index (χ3v) is 11.9. The lowest BCUT2D eigenvalue weighted by Crippen LogP contribution is -2.47. The molecule has 0 atom stereocenters. The van der Waals surface area contributed by atoms with E-state index in [1.165, 1.54) is 40.6 Å². The van der Waals surface area contributed by atoms with Crippen molar-refractivity contribution in [2.45, 2.75) is 59.0 Å². The number of amides is 4. The fraction of sp³-hybridized carbons (Fsp3) is 0.405. The van der Waals surface area contributed by atoms with Crippen molar-refractivity contribution >= 4 is 80.1 Å². The van der Waals surface area contributed by atoms with E-state index in [9.17, 15) is 19.2 Å². The van der Waals surface area contributed by atoms with Crippen LogP contribution in [0.15, 0.2) is 60.1 Å². The number of nitrogens with zero attached hydrogens (tertiary/aromatic N) is 5. The maximum Gasteiger partial charge on any atom is 0.364 e. The Hall–Kier alpha value is -5.54. The highest BCUT2D eigenvalue weighted by atomic mass is 32.2. The second-order valence-corrected chi connectivity index (χ2v) is 18.7. The van der Waals surface area contributed by atoms with Crippen LogP contribution in [0.3, 0.4) is 0 Å². The zero-order valence-electron chi connectivity index (χ0n) is 35.5. The Kier molecular flexibility index (Phi) is 16.3. The summed E-state index contributed by atoms with van der Waals surface area (Å²) < 4.78 is 16.9. The van der Waals surface area contributed by atoms with E-state index in [0.29, 0.717) is 102 Å². The van der Waals surface area contributed by atoms with Gasteiger partial charge in [-0.3, -0.25) is 25.2 Å². The minimum Gasteiger partial charge on any atom is -0.491 e. The first-order valence-corrected chi connectivity index (χ1v) is 22.8. The van der Waals surface area contributed by atoms with E-state index < -0.39 is 24.0 Å². The van der Waals surface area contributed by atoms with Gasteiger partial charge in [0.1, 0.15) is 17.2 Å². The SMILES string of the molecule is Cc1ccc(NC(=O)Nc2ncc(CSc3ncc(C(=O)OC(=O)CN4CCN(Cc5cnc(NC(=O)Nc6ccc(C)cc6OCC(C)C)s5)CC4)[nH]3)s2)c(OCC(C)C)c1. The summed E-state index contributed by atoms with van der Waals surface area (Å²) >= 11 is 4.05. The first-order chi connectivity index (χ1) is 29.7. The Balaban J connectivity index is 0.875. The molecule has 5 N–H and O–H groups in total. The van der Waals surface area contributed by atoms with Crippen LogP contribution in [0, 0.1) is 25.7 Å². The topological polar surface area (TPSA) is 205 Å². The maximum absolute atomic E-state index is 12.8. The van der Waals surface area contributed by atoms with Crippen molar-refractivity contribution in [1.29, 1.82) is 0 Å². The van der Waals surface area contributed by atoms with Crippen LogP contribution >= 0.6 is 34.4 Å². The average molecular weight is 905 g/mol. The molecule has 0 spiro atoms. The van der Waals surface area contributed by atoms with Crippen molar-refractivity contribution in [2.24, 2.45) is 11.8 Å². The number of carbonyl (C=O) groups is 4. The van der Waals surface area contributed by atoms with Crippen molar-refractivity contribution in [2.75, 3.05) is 67.2 Å². The molecule has 5 aromatic rings. The number of aryl methyl sites for hydroxylation is 2. The lowest BCUT2D eigenvalue weighted by atomic mass is 10.2. The monoisotopic (exact) mass is 904 g/mol. The van der Waals surface area contributed by atoms with Gasteiger partial charge in [0.2, 0.25) is 0 Å². The van der Waals surface area contributed by atoms with Crippen LogP contribution < -0.4 is 30.7 Å². The zero-order chi connectivity index (χ0) is 44.2. The van der Waals surface area contributed by atoms with Crippen LogP contribution in [0.4, 0.5) is 31.2 Å². The summed E-state index contributed by atoms with van der Waals surface area (Å²) in [5.41, 5.74) is 3.27. The lowest BCUT2D eigenvalue weighted by Gasteiger charge is -2.33. The van der Waals surface area contributed by atoms with Gasteiger partial charge in [0.05, 0.1) is 37.3 Å². The van der Waals surface area contributed by atoms with Gasteiger partial charge in [-0.1, -0.05) is 51.6 Å². The summed E-state index contributed by atoms with van der Waals surface area (Å²) in [4.78, 5) is 72.9. The number of ether oxygens (including phenoxy) is 3. The molecule has 62 heavy (non-hydrogen) atoms. The number of H-pyrrole nitrogens is 1. The summed E-state index contributed by atoms with van der Waals surface area (Å²) in [6.07, 6.45) is 4.75. The smallest absolute Gasteiger partial charge is 0.364 e. The van der Waals surface area contributed by atoms with Crippen LogP contribution in [0.1, 0.15) is 59.1 Å². The van der Waals surface area contributed by atoms with E-state index in [1.807, 2.05) is 49.1 Å². The van der Waals surface area contributed by atoms with Crippen LogP contribution in [0.5, 0.6) is 11.5 Å². The number of hydrogen-bond acceptors (Lipinski definition) is 15. The number of imidazole rings is 1. The Morgan fingerprint density at radius 3 is 1.82 bits per heavy atom. The van der Waals surface area contributed by atoms with Gasteiger partial charge in [0, 0.05) is 60.6 Å². The van der Waals surface area contributed by atoms with Gasteiger partial charge >= 0.3 is 24.0 Å². The first kappa shape index (κ1) is 46.0. The minimum absolute atomic E-state index is 0.0257. The number of thiazole rings is 2. The third-order valence-electron chi connectivity index (χ3n) is 8.99. The Labute approximate surface area is 372 Å². The van der Waals surface area contributed by atoms with Crippen molar-refractivity contribution < 1.29 is 33.4 Å². The molecule has 0 aliphatic carbocycles. The number of rotatable bonds is 18. The molecule has 4 amide bonds. The van der Waals surface area contributed by atoms with Crippen LogP contribution in [-0.4, -0.2) is 99.7 Å². The number of piperazine rings is 1. The molecule has 4 heterocycles. The van der Waals surface area contributed by atoms with Crippen LogP contribution in [0.25, 0.3) is 0 Å². The predicted octanol–water partition coefficient (Wildman–Crippen LogP) is 8.09. The average Bonchev–Trinajstić information content (AvgIpc) is 4.00. The minimum atomic E-state index is -0.809. The fourth-order valence-corrected chi connectivity index (χ4v) is 8.44. The highest BCUT2D eigenvalue weighted by Gasteiger charge is 2.23. The fourth-order valence-electron chi connectivity index (χ4n) is 5.91. The second-order valence-electron chi connectivity index (χ2n) is 15.5. The summed E-state index contributed by atoms with van der Waals surface area (Å²) in [6.45, 7) is 16.5. The Morgan fingerprint density at radius 1 is 0.726 bits per heavy atom. The Bertz CT molecular complexity index is 2320. The van der Waals surface area contributed by atoms with E-state index in [-0.39, 0.29) is 12.2 Å². The molecular formula is C42H52N10O7S3. The molecule has 17 nitrogen and oxygen atoms in total. The van der Waals surface area contributed by atoms with Crippen molar-refractivity contribution in [3.05, 3.63) is 81.6 Å². The number of aromatic nitrogens is 4. The molecule has 3 aromatic heterocycles. The number of aromatic amines is 1. The normalized spacial score (nSPS) is 13.2.